The van der Waals surface area contributed by atoms with Crippen molar-refractivity contribution in [3.8, 4) is 11.4 Å². The first-order chi connectivity index (χ1) is 11.4. The first-order valence-electron chi connectivity index (χ1n) is 6.97. The molecule has 0 spiro atoms. The number of H-pyrrole nitrogens is 1. The lowest BCUT2D eigenvalue weighted by Gasteiger charge is -2.07. The summed E-state index contributed by atoms with van der Waals surface area (Å²) in [4.78, 5) is 19.3. The molecule has 1 amide bonds. The van der Waals surface area contributed by atoms with Crippen LogP contribution in [0.3, 0.4) is 0 Å². The third kappa shape index (κ3) is 3.50. The summed E-state index contributed by atoms with van der Waals surface area (Å²) in [6.45, 7) is 0. The molecular formula is C16H14N4O3S. The zero-order valence-electron chi connectivity index (χ0n) is 12.4. The largest absolute Gasteiger partial charge is 0.345 e. The highest BCUT2D eigenvalue weighted by Gasteiger charge is 2.11. The van der Waals surface area contributed by atoms with Gasteiger partial charge in [-0.05, 0) is 30.3 Å². The normalized spacial score (nSPS) is 11.2. The van der Waals surface area contributed by atoms with Crippen molar-refractivity contribution >= 4 is 21.6 Å². The number of rotatable bonds is 4. The first kappa shape index (κ1) is 15.9. The fourth-order valence-corrected chi connectivity index (χ4v) is 2.72. The molecule has 0 unspecified atom stereocenters. The van der Waals surface area contributed by atoms with Gasteiger partial charge >= 0.3 is 0 Å². The summed E-state index contributed by atoms with van der Waals surface area (Å²) >= 11 is 0. The molecule has 4 N–H and O–H groups in total. The Labute approximate surface area is 138 Å². The summed E-state index contributed by atoms with van der Waals surface area (Å²) in [6.07, 6.45) is 3.36. The molecule has 0 saturated heterocycles. The van der Waals surface area contributed by atoms with E-state index in [1.165, 1.54) is 18.2 Å². The number of nitrogens with two attached hydrogens (primary N) is 1. The SMILES string of the molecule is NS(=O)(=O)c1cccc(NC(=O)c2ccc(-c3ncc[nH]3)cc2)c1. The molecule has 3 aromatic rings. The van der Waals surface area contributed by atoms with E-state index < -0.39 is 10.0 Å². The minimum atomic E-state index is -3.82. The molecule has 0 aliphatic heterocycles. The molecule has 2 aromatic carbocycles. The van der Waals surface area contributed by atoms with E-state index in [9.17, 15) is 13.2 Å². The van der Waals surface area contributed by atoms with Crippen LogP contribution in [-0.4, -0.2) is 24.3 Å². The van der Waals surface area contributed by atoms with Crippen molar-refractivity contribution in [3.05, 3.63) is 66.5 Å². The van der Waals surface area contributed by atoms with E-state index in [4.69, 9.17) is 5.14 Å². The van der Waals surface area contributed by atoms with Gasteiger partial charge in [0.25, 0.3) is 5.91 Å². The lowest BCUT2D eigenvalue weighted by molar-refractivity contribution is 0.102. The van der Waals surface area contributed by atoms with Crippen molar-refractivity contribution in [2.24, 2.45) is 5.14 Å². The predicted molar refractivity (Wildman–Crippen MR) is 89.8 cm³/mol. The van der Waals surface area contributed by atoms with E-state index in [0.29, 0.717) is 17.1 Å². The number of imidazole rings is 1. The van der Waals surface area contributed by atoms with Gasteiger partial charge < -0.3 is 10.3 Å². The van der Waals surface area contributed by atoms with Crippen molar-refractivity contribution in [3.63, 3.8) is 0 Å². The van der Waals surface area contributed by atoms with Crippen molar-refractivity contribution in [2.45, 2.75) is 4.90 Å². The van der Waals surface area contributed by atoms with Crippen LogP contribution in [0.25, 0.3) is 11.4 Å². The van der Waals surface area contributed by atoms with Crippen LogP contribution >= 0.6 is 0 Å². The summed E-state index contributed by atoms with van der Waals surface area (Å²) < 4.78 is 22.7. The molecule has 1 aromatic heterocycles. The highest BCUT2D eigenvalue weighted by Crippen LogP contribution is 2.18. The lowest BCUT2D eigenvalue weighted by atomic mass is 10.1. The van der Waals surface area contributed by atoms with E-state index in [-0.39, 0.29) is 10.8 Å². The zero-order valence-corrected chi connectivity index (χ0v) is 13.2. The third-order valence-electron chi connectivity index (χ3n) is 3.34. The van der Waals surface area contributed by atoms with Crippen LogP contribution in [0.15, 0.2) is 65.8 Å². The van der Waals surface area contributed by atoms with Crippen LogP contribution in [0.4, 0.5) is 5.69 Å². The van der Waals surface area contributed by atoms with E-state index in [2.05, 4.69) is 15.3 Å². The first-order valence-corrected chi connectivity index (χ1v) is 8.52. The molecule has 0 fully saturated rings. The van der Waals surface area contributed by atoms with Crippen molar-refractivity contribution in [1.29, 1.82) is 0 Å². The highest BCUT2D eigenvalue weighted by atomic mass is 32.2. The number of aromatic nitrogens is 2. The van der Waals surface area contributed by atoms with Crippen LogP contribution in [0, 0.1) is 0 Å². The molecule has 0 bridgehead atoms. The Morgan fingerprint density at radius 3 is 2.50 bits per heavy atom. The Morgan fingerprint density at radius 1 is 1.12 bits per heavy atom. The van der Waals surface area contributed by atoms with Crippen LogP contribution < -0.4 is 10.5 Å². The maximum absolute atomic E-state index is 12.3. The molecule has 0 aliphatic rings. The number of sulfonamides is 1. The van der Waals surface area contributed by atoms with Gasteiger partial charge in [-0.2, -0.15) is 0 Å². The van der Waals surface area contributed by atoms with Gasteiger partial charge in [0.2, 0.25) is 10.0 Å². The average Bonchev–Trinajstić information content (AvgIpc) is 3.09. The minimum absolute atomic E-state index is 0.0616. The number of nitrogens with zero attached hydrogens (tertiary/aromatic N) is 1. The van der Waals surface area contributed by atoms with Gasteiger partial charge in [-0.3, -0.25) is 4.79 Å². The molecule has 24 heavy (non-hydrogen) atoms. The van der Waals surface area contributed by atoms with E-state index in [1.807, 2.05) is 0 Å². The van der Waals surface area contributed by atoms with Gasteiger partial charge in [0.15, 0.2) is 0 Å². The van der Waals surface area contributed by atoms with Gasteiger partial charge in [0.1, 0.15) is 5.82 Å². The predicted octanol–water partition coefficient (Wildman–Crippen LogP) is 1.98. The molecular weight excluding hydrogens is 328 g/mol. The Hall–Kier alpha value is -2.97. The number of primary sulfonamides is 1. The van der Waals surface area contributed by atoms with Gasteiger partial charge in [-0.1, -0.05) is 18.2 Å². The second kappa shape index (κ2) is 6.26. The van der Waals surface area contributed by atoms with Gasteiger partial charge in [0, 0.05) is 29.2 Å². The molecule has 8 heteroatoms. The molecule has 122 valence electrons. The number of carbonyl (C=O) groups excluding carboxylic acids is 1. The standard InChI is InChI=1S/C16H14N4O3S/c17-24(22,23)14-3-1-2-13(10-14)20-16(21)12-6-4-11(5-7-12)15-18-8-9-19-15/h1-10H,(H,18,19)(H,20,21)(H2,17,22,23). The molecule has 1 heterocycles. The smallest absolute Gasteiger partial charge is 0.255 e. The van der Waals surface area contributed by atoms with Gasteiger partial charge in [-0.15, -0.1) is 0 Å². The van der Waals surface area contributed by atoms with E-state index in [0.717, 1.165) is 5.56 Å². The quantitative estimate of drug-likeness (QED) is 0.672. The summed E-state index contributed by atoms with van der Waals surface area (Å²) in [6, 6.07) is 12.6. The highest BCUT2D eigenvalue weighted by molar-refractivity contribution is 7.89. The van der Waals surface area contributed by atoms with Gasteiger partial charge in [0.05, 0.1) is 4.90 Å². The van der Waals surface area contributed by atoms with Crippen LogP contribution in [0.1, 0.15) is 10.4 Å². The number of benzene rings is 2. The lowest BCUT2D eigenvalue weighted by Crippen LogP contribution is -2.14. The number of nitrogens with one attached hydrogen (secondary N) is 2. The molecule has 7 nitrogen and oxygen atoms in total. The van der Waals surface area contributed by atoms with Crippen molar-refractivity contribution < 1.29 is 13.2 Å². The van der Waals surface area contributed by atoms with Crippen LogP contribution in [0.2, 0.25) is 0 Å². The second-order valence-corrected chi connectivity index (χ2v) is 6.60. The fraction of sp³-hybridized carbons (Fsp3) is 0. The number of anilines is 1. The maximum Gasteiger partial charge on any atom is 0.255 e. The number of carbonyl (C=O) groups is 1. The Balaban J connectivity index is 1.78. The number of aromatic amines is 1. The fourth-order valence-electron chi connectivity index (χ4n) is 2.16. The van der Waals surface area contributed by atoms with Crippen molar-refractivity contribution in [1.82, 2.24) is 9.97 Å². The molecule has 3 rings (SSSR count). The summed E-state index contributed by atoms with van der Waals surface area (Å²) in [5.41, 5.74) is 1.64. The average molecular weight is 342 g/mol. The van der Waals surface area contributed by atoms with Crippen molar-refractivity contribution in [2.75, 3.05) is 5.32 Å². The molecule has 0 saturated carbocycles. The monoisotopic (exact) mass is 342 g/mol. The minimum Gasteiger partial charge on any atom is -0.345 e. The van der Waals surface area contributed by atoms with Gasteiger partial charge in [-0.25, -0.2) is 18.5 Å². The van der Waals surface area contributed by atoms with Crippen LogP contribution in [-0.2, 0) is 10.0 Å². The third-order valence-corrected chi connectivity index (χ3v) is 4.25. The maximum atomic E-state index is 12.3. The van der Waals surface area contributed by atoms with E-state index >= 15 is 0 Å². The summed E-state index contributed by atoms with van der Waals surface area (Å²) in [7, 11) is -3.82. The van der Waals surface area contributed by atoms with Crippen LogP contribution in [0.5, 0.6) is 0 Å². The molecule has 0 aliphatic carbocycles. The topological polar surface area (TPSA) is 118 Å². The summed E-state index contributed by atoms with van der Waals surface area (Å²) in [5.74, 6) is 0.357. The number of amides is 1. The Morgan fingerprint density at radius 2 is 1.88 bits per heavy atom. The van der Waals surface area contributed by atoms with E-state index in [1.54, 1.807) is 42.7 Å². The Kier molecular flexibility index (Phi) is 4.15. The molecule has 0 atom stereocenters. The zero-order chi connectivity index (χ0) is 17.2. The Bertz CT molecular complexity index is 965. The number of hydrogen-bond donors (Lipinski definition) is 3. The summed E-state index contributed by atoms with van der Waals surface area (Å²) in [5, 5.41) is 7.72. The number of hydrogen-bond acceptors (Lipinski definition) is 4. The second-order valence-electron chi connectivity index (χ2n) is 5.04. The molecule has 0 radical (unpaired) electrons.